The molecule has 0 aromatic heterocycles. The summed E-state index contributed by atoms with van der Waals surface area (Å²) >= 11 is 0. The van der Waals surface area contributed by atoms with Crippen LogP contribution in [0.15, 0.2) is 12.1 Å². The van der Waals surface area contributed by atoms with Gasteiger partial charge in [-0.15, -0.1) is 0 Å². The number of benzene rings is 1. The minimum atomic E-state index is -1.18. The van der Waals surface area contributed by atoms with Crippen LogP contribution in [-0.2, 0) is 0 Å². The Bertz CT molecular complexity index is 366. The highest BCUT2D eigenvalue weighted by atomic mass is 19.2. The van der Waals surface area contributed by atoms with E-state index in [0.29, 0.717) is 12.5 Å². The molecule has 1 rings (SSSR count). The van der Waals surface area contributed by atoms with Gasteiger partial charge in [0, 0.05) is 17.7 Å². The molecule has 0 spiro atoms. The lowest BCUT2D eigenvalue weighted by atomic mass is 10.00. The third-order valence-electron chi connectivity index (χ3n) is 2.81. The highest BCUT2D eigenvalue weighted by Gasteiger charge is 2.15. The molecular weight excluding hydrogens is 227 g/mol. The van der Waals surface area contributed by atoms with Crippen LogP contribution < -0.4 is 5.73 Å². The van der Waals surface area contributed by atoms with Crippen molar-refractivity contribution in [2.24, 2.45) is 5.73 Å². The van der Waals surface area contributed by atoms with Crippen molar-refractivity contribution in [3.05, 3.63) is 35.1 Å². The lowest BCUT2D eigenvalue weighted by molar-refractivity contribution is 0.477. The molecular formula is C13H18F3N. The van der Waals surface area contributed by atoms with E-state index in [0.717, 1.165) is 31.7 Å². The summed E-state index contributed by atoms with van der Waals surface area (Å²) in [6.07, 6.45) is 4.69. The quantitative estimate of drug-likeness (QED) is 0.593. The molecule has 96 valence electrons. The summed E-state index contributed by atoms with van der Waals surface area (Å²) in [6, 6.07) is 0.841. The van der Waals surface area contributed by atoms with Gasteiger partial charge in [0.15, 0.2) is 11.6 Å². The van der Waals surface area contributed by atoms with Gasteiger partial charge >= 0.3 is 0 Å². The lowest BCUT2D eigenvalue weighted by Gasteiger charge is -2.13. The third kappa shape index (κ3) is 4.04. The zero-order valence-corrected chi connectivity index (χ0v) is 9.98. The molecule has 0 aliphatic rings. The fourth-order valence-corrected chi connectivity index (χ4v) is 1.77. The molecule has 0 saturated heterocycles. The molecule has 0 fully saturated rings. The van der Waals surface area contributed by atoms with E-state index < -0.39 is 23.5 Å². The van der Waals surface area contributed by atoms with Crippen LogP contribution >= 0.6 is 0 Å². The molecule has 0 bridgehead atoms. The molecule has 0 radical (unpaired) electrons. The summed E-state index contributed by atoms with van der Waals surface area (Å²) < 4.78 is 39.1. The van der Waals surface area contributed by atoms with E-state index >= 15 is 0 Å². The Morgan fingerprint density at radius 2 is 1.65 bits per heavy atom. The second-order valence-corrected chi connectivity index (χ2v) is 4.24. The van der Waals surface area contributed by atoms with E-state index in [1.54, 1.807) is 0 Å². The van der Waals surface area contributed by atoms with Gasteiger partial charge in [-0.2, -0.15) is 0 Å². The van der Waals surface area contributed by atoms with Crippen LogP contribution in [0.4, 0.5) is 13.2 Å². The summed E-state index contributed by atoms with van der Waals surface area (Å²) in [5, 5.41) is 0. The fraction of sp³-hybridized carbons (Fsp3) is 0.538. The van der Waals surface area contributed by atoms with E-state index in [9.17, 15) is 13.2 Å². The van der Waals surface area contributed by atoms with Gasteiger partial charge in [-0.05, 0) is 12.5 Å². The summed E-state index contributed by atoms with van der Waals surface area (Å²) in [7, 11) is 0. The predicted octanol–water partition coefficient (Wildman–Crippen LogP) is 4.07. The Hall–Kier alpha value is -1.03. The summed E-state index contributed by atoms with van der Waals surface area (Å²) in [5.74, 6) is -3.00. The molecule has 2 N–H and O–H groups in total. The number of halogens is 3. The first-order chi connectivity index (χ1) is 8.06. The summed E-state index contributed by atoms with van der Waals surface area (Å²) in [5.41, 5.74) is 5.82. The second kappa shape index (κ2) is 6.64. The third-order valence-corrected chi connectivity index (χ3v) is 2.81. The Morgan fingerprint density at radius 3 is 2.29 bits per heavy atom. The van der Waals surface area contributed by atoms with Crippen molar-refractivity contribution in [3.63, 3.8) is 0 Å². The Labute approximate surface area is 99.8 Å². The molecule has 0 heterocycles. The highest BCUT2D eigenvalue weighted by molar-refractivity contribution is 5.23. The number of hydrogen-bond donors (Lipinski definition) is 1. The van der Waals surface area contributed by atoms with Crippen molar-refractivity contribution in [3.8, 4) is 0 Å². The maximum atomic E-state index is 13.4. The molecule has 1 nitrogen and oxygen atoms in total. The Kier molecular flexibility index (Phi) is 5.48. The largest absolute Gasteiger partial charge is 0.324 e. The average Bonchev–Trinajstić information content (AvgIpc) is 2.29. The van der Waals surface area contributed by atoms with Crippen molar-refractivity contribution in [2.75, 3.05) is 0 Å². The summed E-state index contributed by atoms with van der Waals surface area (Å²) in [6.45, 7) is 2.09. The minimum absolute atomic E-state index is 0.0559. The zero-order valence-electron chi connectivity index (χ0n) is 9.98. The molecule has 1 unspecified atom stereocenters. The van der Waals surface area contributed by atoms with Gasteiger partial charge in [-0.25, -0.2) is 13.2 Å². The highest BCUT2D eigenvalue weighted by Crippen LogP contribution is 2.23. The van der Waals surface area contributed by atoms with Crippen molar-refractivity contribution in [1.29, 1.82) is 0 Å². The lowest BCUT2D eigenvalue weighted by Crippen LogP contribution is -2.13. The van der Waals surface area contributed by atoms with Crippen molar-refractivity contribution in [1.82, 2.24) is 0 Å². The Morgan fingerprint density at radius 1 is 1.00 bits per heavy atom. The van der Waals surface area contributed by atoms with Crippen LogP contribution in [0, 0.1) is 17.5 Å². The van der Waals surface area contributed by atoms with Crippen LogP contribution in [0.2, 0.25) is 0 Å². The van der Waals surface area contributed by atoms with E-state index in [-0.39, 0.29) is 5.56 Å². The normalized spacial score (nSPS) is 12.8. The fourth-order valence-electron chi connectivity index (χ4n) is 1.77. The van der Waals surface area contributed by atoms with E-state index in [2.05, 4.69) is 6.92 Å². The van der Waals surface area contributed by atoms with Crippen molar-refractivity contribution < 1.29 is 13.2 Å². The Balaban J connectivity index is 2.62. The van der Waals surface area contributed by atoms with Gasteiger partial charge in [0.25, 0.3) is 0 Å². The first kappa shape index (κ1) is 14.0. The van der Waals surface area contributed by atoms with Crippen LogP contribution in [0.5, 0.6) is 0 Å². The molecule has 0 amide bonds. The SMILES string of the molecule is CCCCCCC(N)c1cc(F)c(F)cc1F. The predicted molar refractivity (Wildman–Crippen MR) is 62.0 cm³/mol. The topological polar surface area (TPSA) is 26.0 Å². The molecule has 0 aliphatic heterocycles. The molecule has 0 saturated carbocycles. The van der Waals surface area contributed by atoms with Crippen LogP contribution in [-0.4, -0.2) is 0 Å². The monoisotopic (exact) mass is 245 g/mol. The smallest absolute Gasteiger partial charge is 0.161 e. The van der Waals surface area contributed by atoms with Crippen LogP contribution in [0.3, 0.4) is 0 Å². The standard InChI is InChI=1S/C13H18F3N/c1-2-3-4-5-6-13(17)9-7-11(15)12(16)8-10(9)14/h7-8,13H,2-6,17H2,1H3. The number of hydrogen-bond acceptors (Lipinski definition) is 1. The zero-order chi connectivity index (χ0) is 12.8. The molecule has 1 atom stereocenters. The number of nitrogens with two attached hydrogens (primary N) is 1. The summed E-state index contributed by atoms with van der Waals surface area (Å²) in [4.78, 5) is 0. The van der Waals surface area contributed by atoms with E-state index in [1.807, 2.05) is 0 Å². The maximum absolute atomic E-state index is 13.4. The number of rotatable bonds is 6. The van der Waals surface area contributed by atoms with Crippen molar-refractivity contribution in [2.45, 2.75) is 45.1 Å². The van der Waals surface area contributed by atoms with Crippen LogP contribution in [0.1, 0.15) is 50.6 Å². The van der Waals surface area contributed by atoms with Gasteiger partial charge in [0.05, 0.1) is 0 Å². The van der Waals surface area contributed by atoms with Crippen LogP contribution in [0.25, 0.3) is 0 Å². The molecule has 1 aromatic rings. The molecule has 1 aromatic carbocycles. The van der Waals surface area contributed by atoms with Gasteiger partial charge in [0.2, 0.25) is 0 Å². The van der Waals surface area contributed by atoms with Crippen molar-refractivity contribution >= 4 is 0 Å². The molecule has 17 heavy (non-hydrogen) atoms. The van der Waals surface area contributed by atoms with Gasteiger partial charge in [-0.1, -0.05) is 32.6 Å². The molecule has 4 heteroatoms. The van der Waals surface area contributed by atoms with Gasteiger partial charge in [-0.3, -0.25) is 0 Å². The maximum Gasteiger partial charge on any atom is 0.161 e. The van der Waals surface area contributed by atoms with E-state index in [4.69, 9.17) is 5.73 Å². The minimum Gasteiger partial charge on any atom is -0.324 e. The number of unbranched alkanes of at least 4 members (excludes halogenated alkanes) is 3. The van der Waals surface area contributed by atoms with E-state index in [1.165, 1.54) is 0 Å². The van der Waals surface area contributed by atoms with Gasteiger partial charge in [0.1, 0.15) is 5.82 Å². The molecule has 0 aliphatic carbocycles. The van der Waals surface area contributed by atoms with Gasteiger partial charge < -0.3 is 5.73 Å². The average molecular weight is 245 g/mol. The first-order valence-corrected chi connectivity index (χ1v) is 5.96. The second-order valence-electron chi connectivity index (χ2n) is 4.24. The first-order valence-electron chi connectivity index (χ1n) is 5.96.